The van der Waals surface area contributed by atoms with Crippen LogP contribution in [0.5, 0.6) is 0 Å². The molecule has 0 fully saturated rings. The molecule has 1 heterocycles. The third-order valence-corrected chi connectivity index (χ3v) is 3.54. The molecular formula is C7H6NO2S2-. The smallest absolute Gasteiger partial charge is 0.0810 e. The molecular weight excluding hydrogens is 194 g/mol. The Bertz CT molecular complexity index is 329. The predicted octanol–water partition coefficient (Wildman–Crippen LogP) is 1.35. The lowest BCUT2D eigenvalue weighted by molar-refractivity contribution is 0.535. The minimum absolute atomic E-state index is 0.495. The third kappa shape index (κ3) is 1.24. The van der Waals surface area contributed by atoms with Crippen LogP contribution in [0.2, 0.25) is 0 Å². The fourth-order valence-electron chi connectivity index (χ4n) is 1.11. The molecule has 0 amide bonds. The lowest BCUT2D eigenvalue weighted by Crippen LogP contribution is -2.21. The summed E-state index contributed by atoms with van der Waals surface area (Å²) in [5.41, 5.74) is 0.788. The largest absolute Gasteiger partial charge is 0.755 e. The van der Waals surface area contributed by atoms with E-state index < -0.39 is 11.3 Å². The maximum atomic E-state index is 10.7. The van der Waals surface area contributed by atoms with Crippen LogP contribution in [0, 0.1) is 0 Å². The Morgan fingerprint density at radius 2 is 2.25 bits per heavy atom. The summed E-state index contributed by atoms with van der Waals surface area (Å²) in [6, 6.07) is 7.48. The standard InChI is InChI=1S/C7H7NO2S2/c9-12(10)8-5-11-7-4-2-1-3-6(7)8/h1-4H,5H2,(H,9,10)/p-1. The Morgan fingerprint density at radius 3 is 3.00 bits per heavy atom. The zero-order chi connectivity index (χ0) is 8.55. The topological polar surface area (TPSA) is 43.4 Å². The van der Waals surface area contributed by atoms with E-state index in [4.69, 9.17) is 0 Å². The molecule has 1 atom stereocenters. The van der Waals surface area contributed by atoms with Gasteiger partial charge in [0.15, 0.2) is 0 Å². The quantitative estimate of drug-likeness (QED) is 0.643. The van der Waals surface area contributed by atoms with Crippen LogP contribution in [-0.2, 0) is 11.3 Å². The molecule has 0 N–H and O–H groups in total. The molecule has 12 heavy (non-hydrogen) atoms. The van der Waals surface area contributed by atoms with Crippen molar-refractivity contribution in [2.75, 3.05) is 10.2 Å². The summed E-state index contributed by atoms with van der Waals surface area (Å²) in [4.78, 5) is 1.03. The average Bonchev–Trinajstić information content (AvgIpc) is 2.47. The second-order valence-corrected chi connectivity index (χ2v) is 4.20. The number of anilines is 1. The molecule has 1 unspecified atom stereocenters. The first-order valence-corrected chi connectivity index (χ1v) is 5.39. The normalized spacial score (nSPS) is 17.6. The van der Waals surface area contributed by atoms with E-state index in [2.05, 4.69) is 0 Å². The summed E-state index contributed by atoms with van der Waals surface area (Å²) >= 11 is -0.603. The summed E-state index contributed by atoms with van der Waals surface area (Å²) in [5.74, 6) is 0.495. The van der Waals surface area contributed by atoms with E-state index in [9.17, 15) is 8.76 Å². The Hall–Kier alpha value is -0.520. The summed E-state index contributed by atoms with van der Waals surface area (Å²) in [6.45, 7) is 0. The zero-order valence-electron chi connectivity index (χ0n) is 6.10. The lowest BCUT2D eigenvalue weighted by atomic mass is 10.3. The molecule has 0 saturated heterocycles. The fraction of sp³-hybridized carbons (Fsp3) is 0.143. The van der Waals surface area contributed by atoms with Crippen molar-refractivity contribution in [2.24, 2.45) is 0 Å². The maximum Gasteiger partial charge on any atom is 0.0810 e. The first-order chi connectivity index (χ1) is 5.79. The Labute approximate surface area is 77.2 Å². The molecule has 64 valence electrons. The van der Waals surface area contributed by atoms with Gasteiger partial charge in [-0.25, -0.2) is 0 Å². The van der Waals surface area contributed by atoms with Crippen LogP contribution in [0.4, 0.5) is 5.69 Å². The van der Waals surface area contributed by atoms with Gasteiger partial charge in [-0.3, -0.25) is 8.51 Å². The highest BCUT2D eigenvalue weighted by atomic mass is 32.2. The minimum Gasteiger partial charge on any atom is -0.755 e. The molecule has 0 saturated carbocycles. The number of benzene rings is 1. The number of para-hydroxylation sites is 1. The van der Waals surface area contributed by atoms with Crippen LogP contribution < -0.4 is 4.31 Å². The van der Waals surface area contributed by atoms with Gasteiger partial charge in [0.25, 0.3) is 0 Å². The number of rotatable bonds is 1. The highest BCUT2D eigenvalue weighted by Crippen LogP contribution is 2.38. The Balaban J connectivity index is 2.42. The van der Waals surface area contributed by atoms with Gasteiger partial charge in [-0.2, -0.15) is 0 Å². The fourth-order valence-corrected chi connectivity index (χ4v) is 2.88. The highest BCUT2D eigenvalue weighted by Gasteiger charge is 2.18. The molecule has 0 aromatic heterocycles. The van der Waals surface area contributed by atoms with Crippen molar-refractivity contribution in [3.8, 4) is 0 Å². The third-order valence-electron chi connectivity index (χ3n) is 1.65. The highest BCUT2D eigenvalue weighted by molar-refractivity contribution is 8.01. The monoisotopic (exact) mass is 200 g/mol. The zero-order valence-corrected chi connectivity index (χ0v) is 7.73. The van der Waals surface area contributed by atoms with Crippen molar-refractivity contribution < 1.29 is 8.76 Å². The summed E-state index contributed by atoms with van der Waals surface area (Å²) in [5, 5.41) is 0. The molecule has 3 nitrogen and oxygen atoms in total. The van der Waals surface area contributed by atoms with Crippen LogP contribution in [0.25, 0.3) is 0 Å². The van der Waals surface area contributed by atoms with Crippen molar-refractivity contribution in [1.29, 1.82) is 0 Å². The molecule has 5 heteroatoms. The van der Waals surface area contributed by atoms with Crippen molar-refractivity contribution in [2.45, 2.75) is 4.90 Å². The predicted molar refractivity (Wildman–Crippen MR) is 48.6 cm³/mol. The molecule has 0 radical (unpaired) electrons. The van der Waals surface area contributed by atoms with Crippen molar-refractivity contribution >= 4 is 28.7 Å². The lowest BCUT2D eigenvalue weighted by Gasteiger charge is -2.19. The minimum atomic E-state index is -2.14. The van der Waals surface area contributed by atoms with Gasteiger partial charge in [-0.15, -0.1) is 11.8 Å². The van der Waals surface area contributed by atoms with Gasteiger partial charge in [0, 0.05) is 16.2 Å². The molecule has 1 aromatic rings. The van der Waals surface area contributed by atoms with E-state index in [-0.39, 0.29) is 0 Å². The van der Waals surface area contributed by atoms with E-state index >= 15 is 0 Å². The number of hydrogen-bond acceptors (Lipinski definition) is 3. The number of nitrogens with zero attached hydrogens (tertiary/aromatic N) is 1. The van der Waals surface area contributed by atoms with E-state index in [0.717, 1.165) is 10.6 Å². The van der Waals surface area contributed by atoms with Crippen LogP contribution >= 0.6 is 11.8 Å². The van der Waals surface area contributed by atoms with Crippen LogP contribution in [-0.4, -0.2) is 14.6 Å². The first kappa shape index (κ1) is 8.10. The van der Waals surface area contributed by atoms with Gasteiger partial charge < -0.3 is 4.55 Å². The molecule has 0 bridgehead atoms. The van der Waals surface area contributed by atoms with Crippen LogP contribution in [0.3, 0.4) is 0 Å². The van der Waals surface area contributed by atoms with E-state index in [1.165, 1.54) is 16.1 Å². The summed E-state index contributed by atoms with van der Waals surface area (Å²) < 4.78 is 22.7. The van der Waals surface area contributed by atoms with Crippen LogP contribution in [0.15, 0.2) is 29.2 Å². The summed E-state index contributed by atoms with van der Waals surface area (Å²) in [7, 11) is 0. The van der Waals surface area contributed by atoms with E-state index in [1.54, 1.807) is 0 Å². The van der Waals surface area contributed by atoms with Gasteiger partial charge >= 0.3 is 0 Å². The SMILES string of the molecule is O=S([O-])N1CSc2ccccc21. The van der Waals surface area contributed by atoms with Gasteiger partial charge in [-0.1, -0.05) is 12.1 Å². The second-order valence-electron chi connectivity index (χ2n) is 2.34. The van der Waals surface area contributed by atoms with Gasteiger partial charge in [0.2, 0.25) is 0 Å². The molecule has 2 rings (SSSR count). The van der Waals surface area contributed by atoms with Gasteiger partial charge in [0.1, 0.15) is 0 Å². The number of hydrogen-bond donors (Lipinski definition) is 0. The second kappa shape index (κ2) is 3.08. The van der Waals surface area contributed by atoms with Crippen molar-refractivity contribution in [3.05, 3.63) is 24.3 Å². The Kier molecular flexibility index (Phi) is 2.08. The van der Waals surface area contributed by atoms with E-state index in [0.29, 0.717) is 5.88 Å². The number of fused-ring (bicyclic) bond motifs is 1. The van der Waals surface area contributed by atoms with E-state index in [1.807, 2.05) is 24.3 Å². The van der Waals surface area contributed by atoms with Crippen molar-refractivity contribution in [1.82, 2.24) is 0 Å². The van der Waals surface area contributed by atoms with Gasteiger partial charge in [-0.05, 0) is 12.1 Å². The Morgan fingerprint density at radius 1 is 1.50 bits per heavy atom. The maximum absolute atomic E-state index is 10.7. The molecule has 0 spiro atoms. The number of thioether (sulfide) groups is 1. The molecule has 1 aliphatic heterocycles. The first-order valence-electron chi connectivity index (χ1n) is 3.38. The van der Waals surface area contributed by atoms with Gasteiger partial charge in [0.05, 0.1) is 11.6 Å². The van der Waals surface area contributed by atoms with Crippen LogP contribution in [0.1, 0.15) is 0 Å². The van der Waals surface area contributed by atoms with Crippen molar-refractivity contribution in [3.63, 3.8) is 0 Å². The average molecular weight is 200 g/mol. The molecule has 1 aliphatic rings. The molecule has 0 aliphatic carbocycles. The summed E-state index contributed by atoms with van der Waals surface area (Å²) in [6.07, 6.45) is 0. The molecule has 1 aromatic carbocycles.